The van der Waals surface area contributed by atoms with Crippen LogP contribution in [0.4, 0.5) is 5.69 Å². The molecule has 1 N–H and O–H groups in total. The van der Waals surface area contributed by atoms with Crippen molar-refractivity contribution in [3.05, 3.63) is 47.5 Å². The summed E-state index contributed by atoms with van der Waals surface area (Å²) in [6.45, 7) is 2.70. The minimum Gasteiger partial charge on any atom is -0.495 e. The van der Waals surface area contributed by atoms with Crippen LogP contribution in [0.5, 0.6) is 11.5 Å². The highest BCUT2D eigenvalue weighted by Gasteiger charge is 2.31. The summed E-state index contributed by atoms with van der Waals surface area (Å²) in [4.78, 5) is 13.0. The summed E-state index contributed by atoms with van der Waals surface area (Å²) in [6.07, 6.45) is 3.75. The molecular weight excluding hydrogens is 542 g/mol. The number of nitrogens with one attached hydrogen (secondary N) is 1. The lowest BCUT2D eigenvalue weighted by Gasteiger charge is -2.29. The van der Waals surface area contributed by atoms with Crippen LogP contribution in [0, 0.1) is 0 Å². The smallest absolute Gasteiger partial charge is 0.243 e. The van der Waals surface area contributed by atoms with Crippen molar-refractivity contribution in [2.45, 2.75) is 37.1 Å². The molecule has 3 rings (SSSR count). The van der Waals surface area contributed by atoms with Gasteiger partial charge in [0.1, 0.15) is 24.1 Å². The van der Waals surface area contributed by atoms with E-state index in [1.807, 2.05) is 0 Å². The fourth-order valence-corrected chi connectivity index (χ4v) is 6.92. The molecule has 0 aromatic heterocycles. The van der Waals surface area contributed by atoms with E-state index in [1.165, 1.54) is 42.6 Å². The monoisotopic (exact) mass is 573 g/mol. The van der Waals surface area contributed by atoms with Gasteiger partial charge in [-0.15, -0.1) is 0 Å². The Morgan fingerprint density at radius 1 is 1.08 bits per heavy atom. The number of anilines is 1. The van der Waals surface area contributed by atoms with Crippen LogP contribution in [-0.4, -0.2) is 72.7 Å². The molecule has 0 radical (unpaired) electrons. The van der Waals surface area contributed by atoms with Crippen LogP contribution in [-0.2, 0) is 24.8 Å². The maximum Gasteiger partial charge on any atom is 0.243 e. The number of hydrogen-bond acceptors (Lipinski definition) is 7. The molecule has 10 nitrogen and oxygen atoms in total. The second kappa shape index (κ2) is 12.3. The van der Waals surface area contributed by atoms with Crippen LogP contribution in [0.3, 0.4) is 0 Å². The molecule has 1 fully saturated rings. The Morgan fingerprint density at radius 2 is 1.73 bits per heavy atom. The van der Waals surface area contributed by atoms with Gasteiger partial charge in [-0.1, -0.05) is 18.0 Å². The number of benzene rings is 2. The fraction of sp³-hybridized carbons (Fsp3) is 0.458. The zero-order valence-corrected chi connectivity index (χ0v) is 23.4. The summed E-state index contributed by atoms with van der Waals surface area (Å²) in [6, 6.07) is 9.55. The number of methoxy groups -OCH3 is 1. The molecule has 0 unspecified atom stereocenters. The topological polar surface area (TPSA) is 122 Å². The van der Waals surface area contributed by atoms with Gasteiger partial charge in [0.2, 0.25) is 26.0 Å². The Labute approximate surface area is 223 Å². The molecule has 1 atom stereocenters. The highest BCUT2D eigenvalue weighted by Crippen LogP contribution is 2.34. The number of sulfonamides is 2. The summed E-state index contributed by atoms with van der Waals surface area (Å²) in [5, 5.41) is 2.95. The largest absolute Gasteiger partial charge is 0.495 e. The minimum atomic E-state index is -3.86. The first kappa shape index (κ1) is 29.0. The predicted molar refractivity (Wildman–Crippen MR) is 142 cm³/mol. The third kappa shape index (κ3) is 7.28. The third-order valence-corrected chi connectivity index (χ3v) is 9.29. The first-order valence-corrected chi connectivity index (χ1v) is 15.5. The zero-order valence-electron chi connectivity index (χ0n) is 21.0. The number of carbonyl (C=O) groups excluding carboxylic acids is 1. The average molecular weight is 574 g/mol. The van der Waals surface area contributed by atoms with Gasteiger partial charge in [-0.05, 0) is 62.2 Å². The maximum atomic E-state index is 12.8. The van der Waals surface area contributed by atoms with Crippen molar-refractivity contribution in [1.82, 2.24) is 9.62 Å². The number of ether oxygens (including phenoxy) is 2. The van der Waals surface area contributed by atoms with Gasteiger partial charge in [0.15, 0.2) is 0 Å². The predicted octanol–water partition coefficient (Wildman–Crippen LogP) is 2.87. The van der Waals surface area contributed by atoms with Crippen LogP contribution < -0.4 is 19.1 Å². The number of rotatable bonds is 11. The molecular formula is C24H32ClN3O7S2. The number of amides is 1. The second-order valence-electron chi connectivity index (χ2n) is 8.63. The first-order chi connectivity index (χ1) is 17.4. The first-order valence-electron chi connectivity index (χ1n) is 11.8. The van der Waals surface area contributed by atoms with Gasteiger partial charge in [0.25, 0.3) is 0 Å². The molecule has 2 aromatic carbocycles. The molecule has 13 heteroatoms. The Balaban J connectivity index is 1.58. The average Bonchev–Trinajstić information content (AvgIpc) is 2.86. The van der Waals surface area contributed by atoms with Gasteiger partial charge in [0.05, 0.1) is 30.5 Å². The lowest BCUT2D eigenvalue weighted by atomic mass is 10.2. The molecule has 1 aliphatic rings. The normalized spacial score (nSPS) is 15.6. The highest BCUT2D eigenvalue weighted by molar-refractivity contribution is 7.92. The molecule has 1 saturated heterocycles. The van der Waals surface area contributed by atoms with E-state index < -0.39 is 32.0 Å². The Kier molecular flexibility index (Phi) is 9.68. The van der Waals surface area contributed by atoms with Crippen LogP contribution in [0.1, 0.15) is 26.2 Å². The van der Waals surface area contributed by atoms with E-state index in [4.69, 9.17) is 21.1 Å². The van der Waals surface area contributed by atoms with E-state index in [9.17, 15) is 21.6 Å². The Morgan fingerprint density at radius 3 is 2.32 bits per heavy atom. The van der Waals surface area contributed by atoms with Gasteiger partial charge in [-0.3, -0.25) is 9.10 Å². The summed E-state index contributed by atoms with van der Waals surface area (Å²) < 4.78 is 64.0. The highest BCUT2D eigenvalue weighted by atomic mass is 35.5. The van der Waals surface area contributed by atoms with Crippen molar-refractivity contribution in [3.8, 4) is 11.5 Å². The molecule has 204 valence electrons. The van der Waals surface area contributed by atoms with Crippen molar-refractivity contribution >= 4 is 43.2 Å². The minimum absolute atomic E-state index is 0.0933. The van der Waals surface area contributed by atoms with Gasteiger partial charge >= 0.3 is 0 Å². The maximum absolute atomic E-state index is 12.8. The van der Waals surface area contributed by atoms with Crippen molar-refractivity contribution in [2.75, 3.05) is 43.9 Å². The molecule has 1 amide bonds. The molecule has 1 aliphatic heterocycles. The van der Waals surface area contributed by atoms with Gasteiger partial charge in [-0.25, -0.2) is 16.8 Å². The van der Waals surface area contributed by atoms with Gasteiger partial charge in [-0.2, -0.15) is 4.31 Å². The van der Waals surface area contributed by atoms with E-state index in [0.717, 1.165) is 29.8 Å². The van der Waals surface area contributed by atoms with Crippen LogP contribution >= 0.6 is 11.6 Å². The SMILES string of the molecule is COc1ccc(Cl)cc1N([C@H](C)C(=O)NCCOc1ccc(S(=O)(=O)N2CCCCC2)cc1)S(C)(=O)=O. The summed E-state index contributed by atoms with van der Waals surface area (Å²) in [5.74, 6) is 0.156. The fourth-order valence-electron chi connectivity index (χ4n) is 4.07. The van der Waals surface area contributed by atoms with E-state index >= 15 is 0 Å². The van der Waals surface area contributed by atoms with Crippen LogP contribution in [0.25, 0.3) is 0 Å². The van der Waals surface area contributed by atoms with E-state index in [2.05, 4.69) is 5.32 Å². The van der Waals surface area contributed by atoms with Crippen LogP contribution in [0.15, 0.2) is 47.4 Å². The van der Waals surface area contributed by atoms with Crippen molar-refractivity contribution < 1.29 is 31.1 Å². The lowest BCUT2D eigenvalue weighted by molar-refractivity contribution is -0.121. The quantitative estimate of drug-likeness (QED) is 0.410. The summed E-state index contributed by atoms with van der Waals surface area (Å²) in [5.41, 5.74) is 0.149. The van der Waals surface area contributed by atoms with Crippen molar-refractivity contribution in [3.63, 3.8) is 0 Å². The number of piperidine rings is 1. The third-order valence-electron chi connectivity index (χ3n) is 5.91. The Hall–Kier alpha value is -2.54. The standard InChI is InChI=1S/C24H32ClN3O7S2/c1-18(28(36(3,30)31)22-17-19(25)7-12-23(22)34-2)24(29)26-13-16-35-20-8-10-21(11-9-20)37(32,33)27-14-5-4-6-15-27/h7-12,17-18H,4-6,13-16H2,1-3H3,(H,26,29)/t18-/m1/s1. The van der Waals surface area contributed by atoms with Crippen molar-refractivity contribution in [2.24, 2.45) is 0 Å². The second-order valence-corrected chi connectivity index (χ2v) is 12.9. The van der Waals surface area contributed by atoms with Gasteiger partial charge in [0, 0.05) is 18.1 Å². The number of hydrogen-bond donors (Lipinski definition) is 1. The molecule has 0 aliphatic carbocycles. The van der Waals surface area contributed by atoms with Crippen molar-refractivity contribution in [1.29, 1.82) is 0 Å². The summed E-state index contributed by atoms with van der Waals surface area (Å²) >= 11 is 6.06. The number of carbonyl (C=O) groups is 1. The molecule has 0 spiro atoms. The lowest BCUT2D eigenvalue weighted by Crippen LogP contribution is -2.48. The molecule has 0 saturated carbocycles. The molecule has 0 bridgehead atoms. The number of nitrogens with zero attached hydrogens (tertiary/aromatic N) is 2. The van der Waals surface area contributed by atoms with E-state index in [0.29, 0.717) is 23.9 Å². The zero-order chi connectivity index (χ0) is 27.2. The summed E-state index contributed by atoms with van der Waals surface area (Å²) in [7, 11) is -5.99. The number of halogens is 1. The van der Waals surface area contributed by atoms with Crippen LogP contribution in [0.2, 0.25) is 5.02 Å². The molecule has 37 heavy (non-hydrogen) atoms. The molecule has 1 heterocycles. The van der Waals surface area contributed by atoms with E-state index in [-0.39, 0.29) is 29.5 Å². The van der Waals surface area contributed by atoms with E-state index in [1.54, 1.807) is 18.2 Å². The Bertz CT molecular complexity index is 1300. The van der Waals surface area contributed by atoms with Gasteiger partial charge < -0.3 is 14.8 Å². The molecule has 2 aromatic rings.